The van der Waals surface area contributed by atoms with Crippen LogP contribution in [0.25, 0.3) is 0 Å². The van der Waals surface area contributed by atoms with Crippen molar-refractivity contribution < 1.29 is 4.79 Å². The quantitative estimate of drug-likeness (QED) is 0.742. The van der Waals surface area contributed by atoms with E-state index in [-0.39, 0.29) is 23.7 Å². The molecule has 3 heterocycles. The Labute approximate surface area is 121 Å². The summed E-state index contributed by atoms with van der Waals surface area (Å²) < 4.78 is 0. The first-order valence-electron chi connectivity index (χ1n) is 6.87. The molecule has 0 bridgehead atoms. The summed E-state index contributed by atoms with van der Waals surface area (Å²) in [7, 11) is 0. The number of nitrogens with one attached hydrogen (secondary N) is 2. The number of carbonyl (C=O) groups is 1. The molecule has 4 N–H and O–H groups in total. The van der Waals surface area contributed by atoms with Crippen molar-refractivity contribution in [2.24, 2.45) is 0 Å². The van der Waals surface area contributed by atoms with E-state index in [9.17, 15) is 4.79 Å². The van der Waals surface area contributed by atoms with Crippen molar-refractivity contribution in [1.82, 2.24) is 25.5 Å². The molecule has 1 saturated heterocycles. The Balaban J connectivity index is 1.53. The number of piperidine rings is 1. The van der Waals surface area contributed by atoms with Crippen molar-refractivity contribution in [1.29, 1.82) is 0 Å². The van der Waals surface area contributed by atoms with Crippen LogP contribution < -0.4 is 16.0 Å². The fourth-order valence-corrected chi connectivity index (χ4v) is 2.42. The molecule has 0 unspecified atom stereocenters. The molecule has 1 amide bonds. The normalized spacial score (nSPS) is 15.9. The van der Waals surface area contributed by atoms with Crippen LogP contribution in [0.2, 0.25) is 0 Å². The summed E-state index contributed by atoms with van der Waals surface area (Å²) in [5.41, 5.74) is 5.39. The summed E-state index contributed by atoms with van der Waals surface area (Å²) in [6, 6.07) is 6.00. The molecule has 8 heteroatoms. The zero-order valence-corrected chi connectivity index (χ0v) is 11.5. The van der Waals surface area contributed by atoms with Gasteiger partial charge < -0.3 is 16.0 Å². The first-order valence-corrected chi connectivity index (χ1v) is 6.87. The van der Waals surface area contributed by atoms with E-state index in [0.29, 0.717) is 0 Å². The number of H-pyrrole nitrogens is 1. The second-order valence-corrected chi connectivity index (χ2v) is 4.96. The average molecular weight is 287 g/mol. The minimum atomic E-state index is -0.268. The Bertz CT molecular complexity index is 604. The molecule has 8 nitrogen and oxygen atoms in total. The second-order valence-electron chi connectivity index (χ2n) is 4.96. The predicted octanol–water partition coefficient (Wildman–Crippen LogP) is 0.181. The van der Waals surface area contributed by atoms with Crippen LogP contribution in [-0.4, -0.2) is 45.2 Å². The molecule has 0 atom stereocenters. The highest BCUT2D eigenvalue weighted by Gasteiger charge is 2.22. The average Bonchev–Trinajstić information content (AvgIpc) is 2.96. The Kier molecular flexibility index (Phi) is 3.67. The van der Waals surface area contributed by atoms with E-state index < -0.39 is 0 Å². The molecule has 0 aromatic carbocycles. The van der Waals surface area contributed by atoms with Crippen LogP contribution in [0, 0.1) is 0 Å². The van der Waals surface area contributed by atoms with E-state index in [1.54, 1.807) is 6.20 Å². The first-order chi connectivity index (χ1) is 10.2. The van der Waals surface area contributed by atoms with E-state index in [4.69, 9.17) is 5.73 Å². The number of nitrogens with two attached hydrogens (primary N) is 1. The largest absolute Gasteiger partial charge is 0.366 e. The number of rotatable bonds is 3. The molecule has 1 aliphatic heterocycles. The van der Waals surface area contributed by atoms with Crippen LogP contribution >= 0.6 is 0 Å². The lowest BCUT2D eigenvalue weighted by Crippen LogP contribution is -2.45. The van der Waals surface area contributed by atoms with Crippen molar-refractivity contribution in [3.05, 3.63) is 30.2 Å². The highest BCUT2D eigenvalue weighted by molar-refractivity contribution is 5.90. The van der Waals surface area contributed by atoms with Crippen LogP contribution in [0.15, 0.2) is 24.4 Å². The SMILES string of the molecule is Nc1n[nH]c(C(=O)NC2CCN(c3ccccn3)CC2)n1. The molecule has 21 heavy (non-hydrogen) atoms. The summed E-state index contributed by atoms with van der Waals surface area (Å²) in [5.74, 6) is 0.936. The number of amides is 1. The first kappa shape index (κ1) is 13.3. The Morgan fingerprint density at radius 2 is 2.19 bits per heavy atom. The third kappa shape index (κ3) is 3.10. The number of nitrogen functional groups attached to an aromatic ring is 1. The maximum Gasteiger partial charge on any atom is 0.288 e. The van der Waals surface area contributed by atoms with Crippen molar-refractivity contribution in [2.75, 3.05) is 23.7 Å². The van der Waals surface area contributed by atoms with Gasteiger partial charge in [-0.25, -0.2) is 4.98 Å². The number of hydrogen-bond donors (Lipinski definition) is 3. The highest BCUT2D eigenvalue weighted by Crippen LogP contribution is 2.17. The molecule has 0 saturated carbocycles. The zero-order chi connectivity index (χ0) is 14.7. The molecule has 2 aromatic heterocycles. The van der Waals surface area contributed by atoms with Gasteiger partial charge in [-0.3, -0.25) is 9.89 Å². The summed E-state index contributed by atoms with van der Waals surface area (Å²) in [5, 5.41) is 9.10. The van der Waals surface area contributed by atoms with Gasteiger partial charge in [-0.15, -0.1) is 5.10 Å². The predicted molar refractivity (Wildman–Crippen MR) is 77.7 cm³/mol. The van der Waals surface area contributed by atoms with Gasteiger partial charge >= 0.3 is 0 Å². The van der Waals surface area contributed by atoms with Crippen LogP contribution in [0.1, 0.15) is 23.5 Å². The number of carbonyl (C=O) groups excluding carboxylic acids is 1. The van der Waals surface area contributed by atoms with Gasteiger partial charge in [0.15, 0.2) is 0 Å². The van der Waals surface area contributed by atoms with Gasteiger partial charge in [0.1, 0.15) is 5.82 Å². The van der Waals surface area contributed by atoms with Gasteiger partial charge in [-0.2, -0.15) is 4.98 Å². The number of pyridine rings is 1. The lowest BCUT2D eigenvalue weighted by molar-refractivity contribution is 0.0921. The summed E-state index contributed by atoms with van der Waals surface area (Å²) >= 11 is 0. The minimum absolute atomic E-state index is 0.0742. The van der Waals surface area contributed by atoms with Crippen LogP contribution in [-0.2, 0) is 0 Å². The topological polar surface area (TPSA) is 113 Å². The van der Waals surface area contributed by atoms with Crippen LogP contribution in [0.3, 0.4) is 0 Å². The second kappa shape index (κ2) is 5.78. The molecule has 1 aliphatic rings. The molecule has 0 spiro atoms. The van der Waals surface area contributed by atoms with Gasteiger partial charge in [0.25, 0.3) is 5.91 Å². The third-order valence-corrected chi connectivity index (χ3v) is 3.52. The number of aromatic amines is 1. The zero-order valence-electron chi connectivity index (χ0n) is 11.5. The highest BCUT2D eigenvalue weighted by atomic mass is 16.2. The molecule has 1 fully saturated rings. The summed E-state index contributed by atoms with van der Waals surface area (Å²) in [4.78, 5) is 22.3. The lowest BCUT2D eigenvalue weighted by Gasteiger charge is -2.32. The molecular formula is C13H17N7O. The monoisotopic (exact) mass is 287 g/mol. The van der Waals surface area contributed by atoms with Crippen molar-refractivity contribution in [3.8, 4) is 0 Å². The summed E-state index contributed by atoms with van der Waals surface area (Å²) in [6.07, 6.45) is 3.52. The third-order valence-electron chi connectivity index (χ3n) is 3.52. The molecule has 0 aliphatic carbocycles. The Hall–Kier alpha value is -2.64. The van der Waals surface area contributed by atoms with E-state index in [0.717, 1.165) is 31.7 Å². The number of anilines is 2. The fraction of sp³-hybridized carbons (Fsp3) is 0.385. The van der Waals surface area contributed by atoms with Gasteiger partial charge in [0.2, 0.25) is 11.8 Å². The van der Waals surface area contributed by atoms with E-state index >= 15 is 0 Å². The van der Waals surface area contributed by atoms with Gasteiger partial charge in [-0.05, 0) is 25.0 Å². The number of hydrogen-bond acceptors (Lipinski definition) is 6. The maximum absolute atomic E-state index is 12.0. The Morgan fingerprint density at radius 1 is 1.38 bits per heavy atom. The van der Waals surface area contributed by atoms with Crippen molar-refractivity contribution in [3.63, 3.8) is 0 Å². The molecule has 0 radical (unpaired) electrons. The maximum atomic E-state index is 12.0. The van der Waals surface area contributed by atoms with E-state index in [1.165, 1.54) is 0 Å². The van der Waals surface area contributed by atoms with Crippen LogP contribution in [0.4, 0.5) is 11.8 Å². The number of nitrogens with zero attached hydrogens (tertiary/aromatic N) is 4. The van der Waals surface area contributed by atoms with Gasteiger partial charge in [-0.1, -0.05) is 6.07 Å². The van der Waals surface area contributed by atoms with Crippen molar-refractivity contribution in [2.45, 2.75) is 18.9 Å². The van der Waals surface area contributed by atoms with E-state index in [2.05, 4.69) is 30.4 Å². The minimum Gasteiger partial charge on any atom is -0.366 e. The molecular weight excluding hydrogens is 270 g/mol. The number of aromatic nitrogens is 4. The standard InChI is InChI=1S/C13H17N7O/c14-13-17-11(18-19-13)12(21)16-9-4-7-20(8-5-9)10-3-1-2-6-15-10/h1-3,6,9H,4-5,7-8H2,(H,16,21)(H3,14,17,18,19). The molecule has 110 valence electrons. The summed E-state index contributed by atoms with van der Waals surface area (Å²) in [6.45, 7) is 1.72. The van der Waals surface area contributed by atoms with Crippen LogP contribution in [0.5, 0.6) is 0 Å². The smallest absolute Gasteiger partial charge is 0.288 e. The Morgan fingerprint density at radius 3 is 2.81 bits per heavy atom. The van der Waals surface area contributed by atoms with Crippen molar-refractivity contribution >= 4 is 17.7 Å². The van der Waals surface area contributed by atoms with Gasteiger partial charge in [0, 0.05) is 25.3 Å². The van der Waals surface area contributed by atoms with E-state index in [1.807, 2.05) is 18.2 Å². The lowest BCUT2D eigenvalue weighted by atomic mass is 10.0. The van der Waals surface area contributed by atoms with Gasteiger partial charge in [0.05, 0.1) is 0 Å². The molecule has 2 aromatic rings. The fourth-order valence-electron chi connectivity index (χ4n) is 2.42. The molecule has 3 rings (SSSR count).